The zero-order valence-electron chi connectivity index (χ0n) is 11.2. The molecular formula is C14H20N4S. The van der Waals surface area contributed by atoms with Gasteiger partial charge in [-0.2, -0.15) is 0 Å². The highest BCUT2D eigenvalue weighted by molar-refractivity contribution is 8.14. The minimum atomic E-state index is 0.307. The Labute approximate surface area is 118 Å². The van der Waals surface area contributed by atoms with Crippen molar-refractivity contribution in [2.75, 3.05) is 39.0 Å². The first kappa shape index (κ1) is 13.0. The van der Waals surface area contributed by atoms with Crippen LogP contribution < -0.4 is 5.43 Å². The van der Waals surface area contributed by atoms with Crippen LogP contribution in [0.5, 0.6) is 0 Å². The molecule has 5 heteroatoms. The van der Waals surface area contributed by atoms with Crippen LogP contribution in [-0.4, -0.2) is 54.1 Å². The summed E-state index contributed by atoms with van der Waals surface area (Å²) in [6.45, 7) is 4.36. The van der Waals surface area contributed by atoms with Gasteiger partial charge in [0, 0.05) is 31.9 Å². The fourth-order valence-corrected chi connectivity index (χ4v) is 3.31. The molecule has 0 radical (unpaired) electrons. The molecule has 1 aromatic rings. The van der Waals surface area contributed by atoms with Crippen LogP contribution in [0.15, 0.2) is 35.3 Å². The zero-order valence-corrected chi connectivity index (χ0v) is 12.1. The van der Waals surface area contributed by atoms with E-state index in [0.717, 1.165) is 37.1 Å². The predicted molar refractivity (Wildman–Crippen MR) is 81.3 cm³/mol. The number of hydrogen-bond donors (Lipinski definition) is 1. The van der Waals surface area contributed by atoms with Gasteiger partial charge in [-0.3, -0.25) is 10.4 Å². The van der Waals surface area contributed by atoms with Gasteiger partial charge in [-0.25, -0.2) is 5.01 Å². The maximum atomic E-state index is 4.78. The van der Waals surface area contributed by atoms with Gasteiger partial charge < -0.3 is 4.90 Å². The summed E-state index contributed by atoms with van der Waals surface area (Å²) in [5.74, 6) is 1.04. The second kappa shape index (κ2) is 5.94. The largest absolute Gasteiger partial charge is 0.304 e. The highest BCUT2D eigenvalue weighted by Crippen LogP contribution is 2.29. The molecule has 0 aromatic heterocycles. The first-order chi connectivity index (χ1) is 9.31. The maximum absolute atomic E-state index is 4.78. The SMILES string of the molecule is CN1CCN(NC2=NC(c3ccccc3)CS2)CC1. The summed E-state index contributed by atoms with van der Waals surface area (Å²) in [4.78, 5) is 7.14. The average Bonchev–Trinajstić information content (AvgIpc) is 2.91. The second-order valence-corrected chi connectivity index (χ2v) is 6.08. The lowest BCUT2D eigenvalue weighted by atomic mass is 10.1. The summed E-state index contributed by atoms with van der Waals surface area (Å²) in [5, 5.41) is 3.34. The van der Waals surface area contributed by atoms with Gasteiger partial charge in [-0.1, -0.05) is 42.1 Å². The molecule has 1 unspecified atom stereocenters. The Balaban J connectivity index is 1.58. The number of likely N-dealkylation sites (N-methyl/N-ethyl adjacent to an activating group) is 1. The highest BCUT2D eigenvalue weighted by Gasteiger charge is 2.22. The van der Waals surface area contributed by atoms with Crippen molar-refractivity contribution in [2.24, 2.45) is 4.99 Å². The maximum Gasteiger partial charge on any atom is 0.171 e. The number of thioether (sulfide) groups is 1. The van der Waals surface area contributed by atoms with E-state index in [2.05, 4.69) is 52.7 Å². The molecule has 0 amide bonds. The molecule has 0 aliphatic carbocycles. The summed E-state index contributed by atoms with van der Waals surface area (Å²) in [5.41, 5.74) is 4.77. The van der Waals surface area contributed by atoms with Gasteiger partial charge in [0.15, 0.2) is 5.17 Å². The first-order valence-electron chi connectivity index (χ1n) is 6.77. The number of benzene rings is 1. The molecule has 19 heavy (non-hydrogen) atoms. The smallest absolute Gasteiger partial charge is 0.171 e. The average molecular weight is 276 g/mol. The van der Waals surface area contributed by atoms with Crippen molar-refractivity contribution in [1.29, 1.82) is 0 Å². The van der Waals surface area contributed by atoms with E-state index < -0.39 is 0 Å². The van der Waals surface area contributed by atoms with Crippen molar-refractivity contribution >= 4 is 16.9 Å². The molecule has 0 saturated carbocycles. The Morgan fingerprint density at radius 2 is 1.89 bits per heavy atom. The number of hydrogen-bond acceptors (Lipinski definition) is 5. The monoisotopic (exact) mass is 276 g/mol. The molecular weight excluding hydrogens is 256 g/mol. The van der Waals surface area contributed by atoms with E-state index in [0.29, 0.717) is 6.04 Å². The number of hydrazine groups is 1. The van der Waals surface area contributed by atoms with Crippen molar-refractivity contribution in [3.8, 4) is 0 Å². The third-order valence-corrected chi connectivity index (χ3v) is 4.54. The standard InChI is InChI=1S/C14H20N4S/c1-17-7-9-18(10-8-17)16-14-15-13(11-19-14)12-5-3-2-4-6-12/h2-6,13H,7-11H2,1H3,(H,15,16). The molecule has 2 aliphatic heterocycles. The molecule has 0 spiro atoms. The Bertz CT molecular complexity index is 440. The van der Waals surface area contributed by atoms with Crippen molar-refractivity contribution in [3.05, 3.63) is 35.9 Å². The molecule has 2 aliphatic rings. The molecule has 1 fully saturated rings. The van der Waals surface area contributed by atoms with E-state index in [-0.39, 0.29) is 0 Å². The second-order valence-electron chi connectivity index (χ2n) is 5.07. The molecule has 3 rings (SSSR count). The summed E-state index contributed by atoms with van der Waals surface area (Å²) in [6.07, 6.45) is 0. The molecule has 4 nitrogen and oxygen atoms in total. The van der Waals surface area contributed by atoms with E-state index in [4.69, 9.17) is 4.99 Å². The topological polar surface area (TPSA) is 30.9 Å². The van der Waals surface area contributed by atoms with Gasteiger partial charge in [0.1, 0.15) is 0 Å². The number of nitrogens with zero attached hydrogens (tertiary/aromatic N) is 3. The summed E-state index contributed by atoms with van der Waals surface area (Å²) < 4.78 is 0. The van der Waals surface area contributed by atoms with Crippen LogP contribution in [0, 0.1) is 0 Å². The van der Waals surface area contributed by atoms with Crippen LogP contribution >= 0.6 is 11.8 Å². The van der Waals surface area contributed by atoms with Crippen LogP contribution in [0.1, 0.15) is 11.6 Å². The molecule has 1 N–H and O–H groups in total. The fourth-order valence-electron chi connectivity index (χ4n) is 2.33. The van der Waals surface area contributed by atoms with Crippen molar-refractivity contribution in [3.63, 3.8) is 0 Å². The van der Waals surface area contributed by atoms with Crippen LogP contribution in [0.3, 0.4) is 0 Å². The van der Waals surface area contributed by atoms with Gasteiger partial charge in [-0.15, -0.1) is 0 Å². The number of rotatable bonds is 2. The quantitative estimate of drug-likeness (QED) is 0.888. The Morgan fingerprint density at radius 1 is 1.16 bits per heavy atom. The molecule has 1 saturated heterocycles. The number of aliphatic imine (C=N–C) groups is 1. The Hall–Kier alpha value is -1.04. The summed E-state index contributed by atoms with van der Waals surface area (Å²) >= 11 is 1.82. The van der Waals surface area contributed by atoms with Gasteiger partial charge in [0.25, 0.3) is 0 Å². The highest BCUT2D eigenvalue weighted by atomic mass is 32.2. The normalized spacial score (nSPS) is 25.3. The lowest BCUT2D eigenvalue weighted by molar-refractivity contribution is 0.132. The number of amidine groups is 1. The molecule has 1 aromatic carbocycles. The van der Waals surface area contributed by atoms with Gasteiger partial charge in [-0.05, 0) is 12.6 Å². The van der Waals surface area contributed by atoms with E-state index in [1.165, 1.54) is 5.56 Å². The summed E-state index contributed by atoms with van der Waals surface area (Å²) in [6, 6.07) is 10.9. The van der Waals surface area contributed by atoms with Crippen molar-refractivity contribution in [1.82, 2.24) is 15.3 Å². The van der Waals surface area contributed by atoms with E-state index in [9.17, 15) is 0 Å². The minimum Gasteiger partial charge on any atom is -0.304 e. The van der Waals surface area contributed by atoms with Gasteiger partial charge in [0.2, 0.25) is 0 Å². The number of piperazine rings is 1. The van der Waals surface area contributed by atoms with Gasteiger partial charge in [0.05, 0.1) is 6.04 Å². The Kier molecular flexibility index (Phi) is 4.06. The molecule has 0 bridgehead atoms. The van der Waals surface area contributed by atoms with Crippen LogP contribution in [0.2, 0.25) is 0 Å². The predicted octanol–water partition coefficient (Wildman–Crippen LogP) is 1.58. The van der Waals surface area contributed by atoms with E-state index in [1.54, 1.807) is 0 Å². The van der Waals surface area contributed by atoms with Crippen molar-refractivity contribution < 1.29 is 0 Å². The molecule has 102 valence electrons. The Morgan fingerprint density at radius 3 is 2.63 bits per heavy atom. The van der Waals surface area contributed by atoms with Crippen LogP contribution in [0.4, 0.5) is 0 Å². The van der Waals surface area contributed by atoms with Crippen LogP contribution in [-0.2, 0) is 0 Å². The van der Waals surface area contributed by atoms with Crippen molar-refractivity contribution in [2.45, 2.75) is 6.04 Å². The number of nitrogens with one attached hydrogen (secondary N) is 1. The van der Waals surface area contributed by atoms with E-state index in [1.807, 2.05) is 11.8 Å². The van der Waals surface area contributed by atoms with Gasteiger partial charge >= 0.3 is 0 Å². The lowest BCUT2D eigenvalue weighted by Crippen LogP contribution is -2.51. The first-order valence-corrected chi connectivity index (χ1v) is 7.75. The van der Waals surface area contributed by atoms with Crippen LogP contribution in [0.25, 0.3) is 0 Å². The molecule has 2 heterocycles. The summed E-state index contributed by atoms with van der Waals surface area (Å²) in [7, 11) is 2.17. The lowest BCUT2D eigenvalue weighted by Gasteiger charge is -2.32. The zero-order chi connectivity index (χ0) is 13.1. The fraction of sp³-hybridized carbons (Fsp3) is 0.500. The third kappa shape index (κ3) is 3.29. The minimum absolute atomic E-state index is 0.307. The molecule has 1 atom stereocenters. The van der Waals surface area contributed by atoms with E-state index >= 15 is 0 Å². The third-order valence-electron chi connectivity index (χ3n) is 3.59.